The molecule has 2 aromatic rings. The Balaban J connectivity index is 2.31. The summed E-state index contributed by atoms with van der Waals surface area (Å²) in [6.07, 6.45) is 0.0913. The highest BCUT2D eigenvalue weighted by Crippen LogP contribution is 2.24. The van der Waals surface area contributed by atoms with Gasteiger partial charge in [0.25, 0.3) is 0 Å². The lowest BCUT2D eigenvalue weighted by Gasteiger charge is -2.10. The van der Waals surface area contributed by atoms with Gasteiger partial charge in [0.15, 0.2) is 0 Å². The number of benzene rings is 1. The van der Waals surface area contributed by atoms with E-state index in [1.165, 1.54) is 0 Å². The lowest BCUT2D eigenvalue weighted by Crippen LogP contribution is -1.95. The van der Waals surface area contributed by atoms with Gasteiger partial charge < -0.3 is 9.84 Å². The van der Waals surface area contributed by atoms with Crippen LogP contribution in [0, 0.1) is 6.92 Å². The Labute approximate surface area is 107 Å². The first-order valence-electron chi connectivity index (χ1n) is 5.91. The molecule has 18 heavy (non-hydrogen) atoms. The molecule has 0 spiro atoms. The Hall–Kier alpha value is -1.87. The van der Waals surface area contributed by atoms with Crippen LogP contribution in [0.3, 0.4) is 0 Å². The van der Waals surface area contributed by atoms with Gasteiger partial charge >= 0.3 is 0 Å². The summed E-state index contributed by atoms with van der Waals surface area (Å²) in [6.45, 7) is 3.80. The zero-order chi connectivity index (χ0) is 13.1. The molecule has 0 aliphatic carbocycles. The van der Waals surface area contributed by atoms with Crippen molar-refractivity contribution in [3.63, 3.8) is 0 Å². The van der Waals surface area contributed by atoms with Crippen molar-refractivity contribution in [3.05, 3.63) is 47.7 Å². The highest BCUT2D eigenvalue weighted by molar-refractivity contribution is 5.60. The molecule has 1 N–H and O–H groups in total. The van der Waals surface area contributed by atoms with Crippen LogP contribution >= 0.6 is 0 Å². The van der Waals surface area contributed by atoms with Crippen molar-refractivity contribution in [2.45, 2.75) is 20.0 Å². The van der Waals surface area contributed by atoms with Crippen LogP contribution in [0.1, 0.15) is 24.3 Å². The van der Waals surface area contributed by atoms with Gasteiger partial charge in [0.05, 0.1) is 17.5 Å². The second kappa shape index (κ2) is 5.19. The number of aromatic hydroxyl groups is 1. The summed E-state index contributed by atoms with van der Waals surface area (Å²) >= 11 is 0. The van der Waals surface area contributed by atoms with Crippen molar-refractivity contribution in [2.24, 2.45) is 0 Å². The molecule has 0 aliphatic rings. The van der Waals surface area contributed by atoms with Gasteiger partial charge in [-0.05, 0) is 31.5 Å². The molecule has 1 heterocycles. The zero-order valence-corrected chi connectivity index (χ0v) is 10.8. The fourth-order valence-electron chi connectivity index (χ4n) is 1.78. The van der Waals surface area contributed by atoms with Crippen LogP contribution in [-0.2, 0) is 4.74 Å². The molecule has 0 saturated heterocycles. The monoisotopic (exact) mass is 243 g/mol. The lowest BCUT2D eigenvalue weighted by atomic mass is 10.1. The molecular weight excluding hydrogens is 226 g/mol. The minimum absolute atomic E-state index is 0.0913. The number of nitrogens with zero attached hydrogens (tertiary/aromatic N) is 1. The van der Waals surface area contributed by atoms with E-state index in [0.29, 0.717) is 5.69 Å². The smallest absolute Gasteiger partial charge is 0.136 e. The minimum atomic E-state index is 0.0913. The van der Waals surface area contributed by atoms with Crippen LogP contribution in [0.25, 0.3) is 11.3 Å². The van der Waals surface area contributed by atoms with Crippen molar-refractivity contribution in [1.82, 2.24) is 4.98 Å². The first-order valence-corrected chi connectivity index (χ1v) is 5.91. The van der Waals surface area contributed by atoms with Crippen molar-refractivity contribution in [3.8, 4) is 17.0 Å². The summed E-state index contributed by atoms with van der Waals surface area (Å²) in [5.41, 5.74) is 3.67. The maximum Gasteiger partial charge on any atom is 0.136 e. The summed E-state index contributed by atoms with van der Waals surface area (Å²) in [4.78, 5) is 4.36. The number of pyridine rings is 1. The van der Waals surface area contributed by atoms with Crippen LogP contribution in [-0.4, -0.2) is 17.2 Å². The molecule has 3 heteroatoms. The van der Waals surface area contributed by atoms with E-state index in [2.05, 4.69) is 4.98 Å². The third kappa shape index (κ3) is 2.51. The zero-order valence-electron chi connectivity index (χ0n) is 10.8. The van der Waals surface area contributed by atoms with Gasteiger partial charge in [-0.2, -0.15) is 0 Å². The largest absolute Gasteiger partial charge is 0.506 e. The predicted octanol–water partition coefficient (Wildman–Crippen LogP) is 3.47. The van der Waals surface area contributed by atoms with Crippen molar-refractivity contribution >= 4 is 0 Å². The number of aromatic nitrogens is 1. The number of hydrogen-bond acceptors (Lipinski definition) is 3. The predicted molar refractivity (Wildman–Crippen MR) is 71.5 cm³/mol. The van der Waals surface area contributed by atoms with Crippen LogP contribution in [0.15, 0.2) is 36.4 Å². The van der Waals surface area contributed by atoms with E-state index >= 15 is 0 Å². The average molecular weight is 243 g/mol. The average Bonchev–Trinajstić information content (AvgIpc) is 2.41. The molecule has 0 saturated carbocycles. The molecule has 1 unspecified atom stereocenters. The Kier molecular flexibility index (Phi) is 3.63. The highest BCUT2D eigenvalue weighted by atomic mass is 16.5. The summed E-state index contributed by atoms with van der Waals surface area (Å²) < 4.78 is 5.27. The Morgan fingerprint density at radius 3 is 2.33 bits per heavy atom. The van der Waals surface area contributed by atoms with E-state index in [4.69, 9.17) is 4.74 Å². The lowest BCUT2D eigenvalue weighted by molar-refractivity contribution is 0.119. The third-order valence-electron chi connectivity index (χ3n) is 3.09. The van der Waals surface area contributed by atoms with Crippen LogP contribution in [0.5, 0.6) is 5.75 Å². The maximum absolute atomic E-state index is 9.46. The summed E-state index contributed by atoms with van der Waals surface area (Å²) in [7, 11) is 1.70. The summed E-state index contributed by atoms with van der Waals surface area (Å²) in [5, 5.41) is 9.46. The van der Waals surface area contributed by atoms with E-state index in [1.807, 2.05) is 37.3 Å². The molecule has 94 valence electrons. The maximum atomic E-state index is 9.46. The number of ether oxygens (including phenoxy) is 1. The number of hydrogen-bond donors (Lipinski definition) is 1. The minimum Gasteiger partial charge on any atom is -0.506 e. The van der Waals surface area contributed by atoms with Gasteiger partial charge in [-0.3, -0.25) is 0 Å². The van der Waals surface area contributed by atoms with Gasteiger partial charge in [-0.25, -0.2) is 4.98 Å². The first-order chi connectivity index (χ1) is 8.61. The standard InChI is InChI=1S/C15H17NO2/c1-10-15(17)9-8-14(16-10)13-6-4-12(5-7-13)11(2)18-3/h4-9,11,17H,1-3H3. The molecule has 2 rings (SSSR count). The SMILES string of the molecule is COC(C)c1ccc(-c2ccc(O)c(C)n2)cc1. The molecule has 0 aliphatic heterocycles. The van der Waals surface area contributed by atoms with E-state index in [0.717, 1.165) is 16.8 Å². The fourth-order valence-corrected chi connectivity index (χ4v) is 1.78. The van der Waals surface area contributed by atoms with Gasteiger partial charge in [0.2, 0.25) is 0 Å². The van der Waals surface area contributed by atoms with Crippen molar-refractivity contribution in [2.75, 3.05) is 7.11 Å². The molecule has 0 amide bonds. The molecule has 3 nitrogen and oxygen atoms in total. The number of methoxy groups -OCH3 is 1. The Bertz CT molecular complexity index is 535. The van der Waals surface area contributed by atoms with Gasteiger partial charge in [-0.15, -0.1) is 0 Å². The van der Waals surface area contributed by atoms with Gasteiger partial charge in [0.1, 0.15) is 5.75 Å². The second-order valence-corrected chi connectivity index (χ2v) is 4.30. The van der Waals surface area contributed by atoms with Gasteiger partial charge in [0, 0.05) is 12.7 Å². The highest BCUT2D eigenvalue weighted by Gasteiger charge is 2.06. The molecule has 0 fully saturated rings. The second-order valence-electron chi connectivity index (χ2n) is 4.30. The fraction of sp³-hybridized carbons (Fsp3) is 0.267. The third-order valence-corrected chi connectivity index (χ3v) is 3.09. The summed E-state index contributed by atoms with van der Waals surface area (Å²) in [5.74, 6) is 0.225. The first kappa shape index (κ1) is 12.6. The molecular formula is C15H17NO2. The van der Waals surface area contributed by atoms with Crippen molar-refractivity contribution < 1.29 is 9.84 Å². The van der Waals surface area contributed by atoms with E-state index in [9.17, 15) is 5.11 Å². The molecule has 1 aromatic carbocycles. The Morgan fingerprint density at radius 2 is 1.78 bits per heavy atom. The van der Waals surface area contributed by atoms with Crippen LogP contribution < -0.4 is 0 Å². The van der Waals surface area contributed by atoms with E-state index in [1.54, 1.807) is 20.1 Å². The molecule has 1 atom stereocenters. The topological polar surface area (TPSA) is 42.4 Å². The van der Waals surface area contributed by atoms with E-state index in [-0.39, 0.29) is 11.9 Å². The normalized spacial score (nSPS) is 12.4. The van der Waals surface area contributed by atoms with E-state index < -0.39 is 0 Å². The number of rotatable bonds is 3. The number of aryl methyl sites for hydroxylation is 1. The van der Waals surface area contributed by atoms with Crippen LogP contribution in [0.2, 0.25) is 0 Å². The van der Waals surface area contributed by atoms with Crippen molar-refractivity contribution in [1.29, 1.82) is 0 Å². The summed E-state index contributed by atoms with van der Waals surface area (Å²) in [6, 6.07) is 11.6. The molecule has 1 aromatic heterocycles. The quantitative estimate of drug-likeness (QED) is 0.897. The molecule has 0 radical (unpaired) electrons. The molecule has 0 bridgehead atoms. The Morgan fingerprint density at radius 1 is 1.11 bits per heavy atom. The van der Waals surface area contributed by atoms with Crippen LogP contribution in [0.4, 0.5) is 0 Å². The van der Waals surface area contributed by atoms with Gasteiger partial charge in [-0.1, -0.05) is 24.3 Å².